The summed E-state index contributed by atoms with van der Waals surface area (Å²) >= 11 is 0. The summed E-state index contributed by atoms with van der Waals surface area (Å²) in [6.07, 6.45) is 0. The first-order chi connectivity index (χ1) is 15.4. The van der Waals surface area contributed by atoms with Gasteiger partial charge in [0.2, 0.25) is 5.82 Å². The predicted octanol–water partition coefficient (Wildman–Crippen LogP) is 4.25. The molecular formula is C24H24N4O3S. The van der Waals surface area contributed by atoms with Gasteiger partial charge in [0.05, 0.1) is 22.5 Å². The number of sulfonamides is 1. The molecule has 0 saturated heterocycles. The van der Waals surface area contributed by atoms with Crippen LogP contribution in [0.1, 0.15) is 5.56 Å². The molecule has 7 nitrogen and oxygen atoms in total. The van der Waals surface area contributed by atoms with Gasteiger partial charge in [-0.25, -0.2) is 18.4 Å². The average molecular weight is 449 g/mol. The highest BCUT2D eigenvalue weighted by molar-refractivity contribution is 7.92. The molecule has 1 N–H and O–H groups in total. The van der Waals surface area contributed by atoms with Crippen LogP contribution in [0.25, 0.3) is 11.0 Å². The minimum Gasteiger partial charge on any atom is -0.473 e. The zero-order valence-electron chi connectivity index (χ0n) is 17.9. The van der Waals surface area contributed by atoms with Crippen molar-refractivity contribution in [3.8, 4) is 5.88 Å². The smallest absolute Gasteiger partial charge is 0.263 e. The Kier molecular flexibility index (Phi) is 6.23. The second kappa shape index (κ2) is 9.23. The van der Waals surface area contributed by atoms with E-state index in [-0.39, 0.29) is 16.6 Å². The van der Waals surface area contributed by atoms with Crippen LogP contribution in [-0.4, -0.2) is 38.6 Å². The summed E-state index contributed by atoms with van der Waals surface area (Å²) in [4.78, 5) is 11.2. The van der Waals surface area contributed by atoms with Crippen molar-refractivity contribution >= 4 is 32.6 Å². The first kappa shape index (κ1) is 21.6. The van der Waals surface area contributed by atoms with Crippen molar-refractivity contribution in [2.75, 3.05) is 29.8 Å². The Morgan fingerprint density at radius 1 is 0.875 bits per heavy atom. The molecule has 0 atom stereocenters. The predicted molar refractivity (Wildman–Crippen MR) is 127 cm³/mol. The fourth-order valence-corrected chi connectivity index (χ4v) is 4.15. The number of likely N-dealkylation sites (N-methyl/N-ethyl adjacent to an activating group) is 1. The molecule has 0 fully saturated rings. The Bertz CT molecular complexity index is 1310. The number of aromatic nitrogens is 2. The molecule has 1 heterocycles. The fraction of sp³-hybridized carbons (Fsp3) is 0.167. The van der Waals surface area contributed by atoms with E-state index in [9.17, 15) is 8.42 Å². The van der Waals surface area contributed by atoms with Crippen LogP contribution < -0.4 is 14.4 Å². The Hall–Kier alpha value is -3.65. The van der Waals surface area contributed by atoms with Crippen LogP contribution in [-0.2, 0) is 10.0 Å². The molecule has 4 aromatic rings. The summed E-state index contributed by atoms with van der Waals surface area (Å²) in [6, 6.07) is 23.8. The number of aryl methyl sites for hydroxylation is 1. The van der Waals surface area contributed by atoms with E-state index in [1.54, 1.807) is 30.3 Å². The molecule has 8 heteroatoms. The molecule has 0 amide bonds. The van der Waals surface area contributed by atoms with Crippen molar-refractivity contribution in [3.05, 3.63) is 84.4 Å². The number of hydrogen-bond donors (Lipinski definition) is 1. The average Bonchev–Trinajstić information content (AvgIpc) is 2.80. The van der Waals surface area contributed by atoms with Crippen LogP contribution in [0.3, 0.4) is 0 Å². The lowest BCUT2D eigenvalue weighted by molar-refractivity contribution is 0.315. The summed E-state index contributed by atoms with van der Waals surface area (Å²) in [5, 5.41) is 0. The summed E-state index contributed by atoms with van der Waals surface area (Å²) in [5.41, 5.74) is 3.22. The molecule has 0 aliphatic carbocycles. The normalized spacial score (nSPS) is 11.3. The van der Waals surface area contributed by atoms with E-state index in [4.69, 9.17) is 4.74 Å². The maximum absolute atomic E-state index is 12.9. The molecule has 0 saturated carbocycles. The quantitative estimate of drug-likeness (QED) is 0.434. The Morgan fingerprint density at radius 3 is 2.19 bits per heavy atom. The number of rotatable bonds is 8. The van der Waals surface area contributed by atoms with Crippen LogP contribution in [0, 0.1) is 6.92 Å². The molecule has 0 bridgehead atoms. The van der Waals surface area contributed by atoms with E-state index in [1.165, 1.54) is 0 Å². The summed E-state index contributed by atoms with van der Waals surface area (Å²) in [7, 11) is -1.88. The topological polar surface area (TPSA) is 84.4 Å². The number of nitrogens with one attached hydrogen (secondary N) is 1. The van der Waals surface area contributed by atoms with Crippen LogP contribution in [0.15, 0.2) is 83.8 Å². The molecule has 0 spiro atoms. The van der Waals surface area contributed by atoms with Gasteiger partial charge in [-0.15, -0.1) is 0 Å². The standard InChI is InChI=1S/C24H24N4O3S/c1-18-12-14-20(15-13-18)32(29,30)27-23-24(26-22-11-7-6-10-21(22)25-23)31-17-16-28(2)19-8-4-3-5-9-19/h3-15H,16-17H2,1-2H3,(H,25,27). The summed E-state index contributed by atoms with van der Waals surface area (Å²) in [6.45, 7) is 2.79. The molecular weight excluding hydrogens is 424 g/mol. The molecule has 0 unspecified atom stereocenters. The molecule has 32 heavy (non-hydrogen) atoms. The molecule has 1 aromatic heterocycles. The van der Waals surface area contributed by atoms with Gasteiger partial charge in [0.25, 0.3) is 15.9 Å². The zero-order chi connectivity index (χ0) is 22.6. The number of para-hydroxylation sites is 3. The van der Waals surface area contributed by atoms with Gasteiger partial charge >= 0.3 is 0 Å². The Labute approximate surface area is 187 Å². The van der Waals surface area contributed by atoms with Gasteiger partial charge in [-0.2, -0.15) is 0 Å². The molecule has 0 aliphatic heterocycles. The van der Waals surface area contributed by atoms with Crippen molar-refractivity contribution in [1.29, 1.82) is 0 Å². The minimum absolute atomic E-state index is 0.0617. The lowest BCUT2D eigenvalue weighted by Gasteiger charge is -2.19. The van der Waals surface area contributed by atoms with E-state index < -0.39 is 10.0 Å². The zero-order valence-corrected chi connectivity index (χ0v) is 18.7. The lowest BCUT2D eigenvalue weighted by Crippen LogP contribution is -2.24. The molecule has 4 rings (SSSR count). The highest BCUT2D eigenvalue weighted by Crippen LogP contribution is 2.26. The van der Waals surface area contributed by atoms with E-state index in [1.807, 2.05) is 67.4 Å². The Morgan fingerprint density at radius 2 is 1.50 bits per heavy atom. The number of anilines is 2. The molecule has 0 radical (unpaired) electrons. The van der Waals surface area contributed by atoms with Gasteiger partial charge in [-0.3, -0.25) is 4.72 Å². The third-order valence-electron chi connectivity index (χ3n) is 4.96. The van der Waals surface area contributed by atoms with Gasteiger partial charge in [-0.1, -0.05) is 48.0 Å². The number of benzene rings is 3. The number of fused-ring (bicyclic) bond motifs is 1. The van der Waals surface area contributed by atoms with Crippen LogP contribution in [0.4, 0.5) is 11.5 Å². The van der Waals surface area contributed by atoms with Crippen LogP contribution in [0.5, 0.6) is 5.88 Å². The van der Waals surface area contributed by atoms with Gasteiger partial charge in [-0.05, 0) is 43.3 Å². The highest BCUT2D eigenvalue weighted by atomic mass is 32.2. The number of nitrogens with zero attached hydrogens (tertiary/aromatic N) is 3. The van der Waals surface area contributed by atoms with Crippen LogP contribution in [0.2, 0.25) is 0 Å². The van der Waals surface area contributed by atoms with E-state index in [0.717, 1.165) is 11.3 Å². The number of ether oxygens (including phenoxy) is 1. The van der Waals surface area contributed by atoms with E-state index >= 15 is 0 Å². The summed E-state index contributed by atoms with van der Waals surface area (Å²) in [5.74, 6) is 0.201. The fourth-order valence-electron chi connectivity index (χ4n) is 3.15. The van der Waals surface area contributed by atoms with Crippen molar-refractivity contribution in [3.63, 3.8) is 0 Å². The summed E-state index contributed by atoms with van der Waals surface area (Å²) < 4.78 is 34.3. The van der Waals surface area contributed by atoms with Gasteiger partial charge in [0, 0.05) is 12.7 Å². The minimum atomic E-state index is -3.85. The second-order valence-electron chi connectivity index (χ2n) is 7.39. The lowest BCUT2D eigenvalue weighted by atomic mass is 10.2. The maximum atomic E-state index is 12.9. The Balaban J connectivity index is 1.58. The third kappa shape index (κ3) is 4.97. The highest BCUT2D eigenvalue weighted by Gasteiger charge is 2.19. The second-order valence-corrected chi connectivity index (χ2v) is 9.07. The maximum Gasteiger partial charge on any atom is 0.263 e. The van der Waals surface area contributed by atoms with Gasteiger partial charge in [0.1, 0.15) is 6.61 Å². The SMILES string of the molecule is Cc1ccc(S(=O)(=O)Nc2nc3ccccc3nc2OCCN(C)c2ccccc2)cc1. The number of hydrogen-bond acceptors (Lipinski definition) is 6. The largest absolute Gasteiger partial charge is 0.473 e. The van der Waals surface area contributed by atoms with Crippen molar-refractivity contribution in [1.82, 2.24) is 9.97 Å². The van der Waals surface area contributed by atoms with E-state index in [0.29, 0.717) is 24.2 Å². The monoisotopic (exact) mass is 448 g/mol. The van der Waals surface area contributed by atoms with Gasteiger partial charge < -0.3 is 9.64 Å². The van der Waals surface area contributed by atoms with Crippen LogP contribution >= 0.6 is 0 Å². The molecule has 3 aromatic carbocycles. The molecule has 0 aliphatic rings. The first-order valence-corrected chi connectivity index (χ1v) is 11.7. The molecule has 164 valence electrons. The van der Waals surface area contributed by atoms with Gasteiger partial charge in [0.15, 0.2) is 0 Å². The third-order valence-corrected chi connectivity index (χ3v) is 6.32. The first-order valence-electron chi connectivity index (χ1n) is 10.2. The van der Waals surface area contributed by atoms with Crippen molar-refractivity contribution in [2.24, 2.45) is 0 Å². The van der Waals surface area contributed by atoms with Crippen molar-refractivity contribution < 1.29 is 13.2 Å². The van der Waals surface area contributed by atoms with Crippen molar-refractivity contribution in [2.45, 2.75) is 11.8 Å². The van der Waals surface area contributed by atoms with E-state index in [2.05, 4.69) is 14.7 Å².